The van der Waals surface area contributed by atoms with Crippen LogP contribution >= 0.6 is 0 Å². The lowest BCUT2D eigenvalue weighted by Crippen LogP contribution is -2.00. The maximum absolute atomic E-state index is 2.27. The third-order valence-corrected chi connectivity index (χ3v) is 2.31. The summed E-state index contributed by atoms with van der Waals surface area (Å²) in [4.78, 5) is 0. The smallest absolute Gasteiger partial charge is 0.0216 e. The molecule has 0 heteroatoms. The van der Waals surface area contributed by atoms with Crippen molar-refractivity contribution in [2.75, 3.05) is 0 Å². The number of hydrogen-bond donors (Lipinski definition) is 0. The molecule has 1 rings (SSSR count). The monoisotopic (exact) mass is 206 g/mol. The van der Waals surface area contributed by atoms with Crippen LogP contribution in [0.2, 0.25) is 0 Å². The largest absolute Gasteiger partial charge is 0.0683 e. The molecule has 0 atom stereocenters. The molecule has 0 bridgehead atoms. The molecule has 0 nitrogen and oxygen atoms in total. The van der Waals surface area contributed by atoms with Gasteiger partial charge in [0, 0.05) is 0 Å². The average molecular weight is 206 g/mol. The van der Waals surface area contributed by atoms with Crippen LogP contribution < -0.4 is 0 Å². The SMILES string of the molecule is CC.CC(C)Cc1ccccc1C(C)C. The summed E-state index contributed by atoms with van der Waals surface area (Å²) in [6, 6.07) is 8.79. The van der Waals surface area contributed by atoms with Gasteiger partial charge in [-0.1, -0.05) is 65.8 Å². The standard InChI is InChI=1S/C13H20.C2H6/c1-10(2)9-12-7-5-6-8-13(12)11(3)4;1-2/h5-8,10-11H,9H2,1-4H3;1-2H3. The van der Waals surface area contributed by atoms with E-state index in [1.807, 2.05) is 13.8 Å². The van der Waals surface area contributed by atoms with Crippen LogP contribution in [-0.4, -0.2) is 0 Å². The molecule has 0 radical (unpaired) electrons. The fourth-order valence-corrected chi connectivity index (χ4v) is 1.72. The first-order chi connectivity index (χ1) is 7.11. The molecule has 15 heavy (non-hydrogen) atoms. The molecule has 0 amide bonds. The van der Waals surface area contributed by atoms with Crippen molar-refractivity contribution in [2.24, 2.45) is 5.92 Å². The first kappa shape index (κ1) is 14.2. The molecule has 0 N–H and O–H groups in total. The van der Waals surface area contributed by atoms with Crippen LogP contribution in [0.25, 0.3) is 0 Å². The van der Waals surface area contributed by atoms with Crippen LogP contribution in [0.1, 0.15) is 58.6 Å². The zero-order chi connectivity index (χ0) is 11.8. The molecular weight excluding hydrogens is 180 g/mol. The van der Waals surface area contributed by atoms with Gasteiger partial charge in [-0.3, -0.25) is 0 Å². The van der Waals surface area contributed by atoms with Gasteiger partial charge >= 0.3 is 0 Å². The van der Waals surface area contributed by atoms with E-state index in [9.17, 15) is 0 Å². The molecule has 0 spiro atoms. The molecule has 0 aliphatic rings. The van der Waals surface area contributed by atoms with E-state index in [0.29, 0.717) is 5.92 Å². The van der Waals surface area contributed by atoms with E-state index in [0.717, 1.165) is 5.92 Å². The second-order valence-electron chi connectivity index (χ2n) is 4.45. The fourth-order valence-electron chi connectivity index (χ4n) is 1.72. The minimum absolute atomic E-state index is 0.648. The fraction of sp³-hybridized carbons (Fsp3) is 0.600. The topological polar surface area (TPSA) is 0 Å². The molecule has 0 aromatic heterocycles. The third-order valence-electron chi connectivity index (χ3n) is 2.31. The molecule has 0 fully saturated rings. The van der Waals surface area contributed by atoms with Crippen molar-refractivity contribution in [3.05, 3.63) is 35.4 Å². The summed E-state index contributed by atoms with van der Waals surface area (Å²) >= 11 is 0. The second kappa shape index (κ2) is 7.50. The normalized spacial score (nSPS) is 10.1. The van der Waals surface area contributed by atoms with Gasteiger partial charge in [-0.05, 0) is 29.4 Å². The van der Waals surface area contributed by atoms with E-state index in [1.165, 1.54) is 17.5 Å². The predicted octanol–water partition coefficient (Wildman–Crippen LogP) is 5.03. The summed E-state index contributed by atoms with van der Waals surface area (Å²) in [7, 11) is 0. The Bertz CT molecular complexity index is 258. The summed E-state index contributed by atoms with van der Waals surface area (Å²) in [5.74, 6) is 1.40. The van der Waals surface area contributed by atoms with Crippen molar-refractivity contribution in [3.8, 4) is 0 Å². The van der Waals surface area contributed by atoms with Gasteiger partial charge in [-0.15, -0.1) is 0 Å². The van der Waals surface area contributed by atoms with E-state index in [4.69, 9.17) is 0 Å². The third kappa shape index (κ3) is 5.01. The van der Waals surface area contributed by atoms with Gasteiger partial charge in [-0.25, -0.2) is 0 Å². The van der Waals surface area contributed by atoms with E-state index < -0.39 is 0 Å². The van der Waals surface area contributed by atoms with Crippen molar-refractivity contribution in [1.29, 1.82) is 0 Å². The Labute approximate surface area is 95.7 Å². The second-order valence-corrected chi connectivity index (χ2v) is 4.45. The van der Waals surface area contributed by atoms with Crippen molar-refractivity contribution >= 4 is 0 Å². The van der Waals surface area contributed by atoms with Crippen LogP contribution in [0.4, 0.5) is 0 Å². The zero-order valence-corrected chi connectivity index (χ0v) is 11.2. The van der Waals surface area contributed by atoms with Crippen molar-refractivity contribution in [2.45, 2.75) is 53.9 Å². The molecule has 0 aliphatic heterocycles. The number of hydrogen-bond acceptors (Lipinski definition) is 0. The van der Waals surface area contributed by atoms with E-state index >= 15 is 0 Å². The minimum Gasteiger partial charge on any atom is -0.0683 e. The summed E-state index contributed by atoms with van der Waals surface area (Å²) < 4.78 is 0. The summed E-state index contributed by atoms with van der Waals surface area (Å²) in [6.45, 7) is 13.1. The molecule has 0 heterocycles. The Kier molecular flexibility index (Phi) is 7.11. The van der Waals surface area contributed by atoms with Crippen molar-refractivity contribution < 1.29 is 0 Å². The van der Waals surface area contributed by atoms with Gasteiger partial charge in [0.05, 0.1) is 0 Å². The quantitative estimate of drug-likeness (QED) is 0.650. The molecular formula is C15H26. The Hall–Kier alpha value is -0.780. The molecule has 0 aliphatic carbocycles. The van der Waals surface area contributed by atoms with Crippen LogP contribution in [0, 0.1) is 5.92 Å². The summed E-state index contributed by atoms with van der Waals surface area (Å²) in [5, 5.41) is 0. The molecule has 0 saturated carbocycles. The first-order valence-corrected chi connectivity index (χ1v) is 6.19. The maximum Gasteiger partial charge on any atom is -0.0216 e. The lowest BCUT2D eigenvalue weighted by Gasteiger charge is -2.13. The molecule has 1 aromatic rings. The Morgan fingerprint density at radius 1 is 0.933 bits per heavy atom. The number of benzene rings is 1. The van der Waals surface area contributed by atoms with Gasteiger partial charge in [0.2, 0.25) is 0 Å². The Balaban J connectivity index is 0.000000921. The maximum atomic E-state index is 2.27. The van der Waals surface area contributed by atoms with Gasteiger partial charge < -0.3 is 0 Å². The van der Waals surface area contributed by atoms with Crippen molar-refractivity contribution in [3.63, 3.8) is 0 Å². The zero-order valence-electron chi connectivity index (χ0n) is 11.2. The van der Waals surface area contributed by atoms with E-state index in [1.54, 1.807) is 0 Å². The molecule has 1 aromatic carbocycles. The van der Waals surface area contributed by atoms with Crippen LogP contribution in [-0.2, 0) is 6.42 Å². The highest BCUT2D eigenvalue weighted by atomic mass is 14.1. The summed E-state index contributed by atoms with van der Waals surface area (Å²) in [5.41, 5.74) is 3.03. The predicted molar refractivity (Wildman–Crippen MR) is 70.4 cm³/mol. The highest BCUT2D eigenvalue weighted by Crippen LogP contribution is 2.21. The van der Waals surface area contributed by atoms with E-state index in [2.05, 4.69) is 52.0 Å². The lowest BCUT2D eigenvalue weighted by atomic mass is 9.92. The van der Waals surface area contributed by atoms with Gasteiger partial charge in [0.25, 0.3) is 0 Å². The Morgan fingerprint density at radius 2 is 1.47 bits per heavy atom. The Morgan fingerprint density at radius 3 is 1.93 bits per heavy atom. The lowest BCUT2D eigenvalue weighted by molar-refractivity contribution is 0.638. The van der Waals surface area contributed by atoms with Gasteiger partial charge in [0.15, 0.2) is 0 Å². The number of rotatable bonds is 3. The molecule has 0 saturated heterocycles. The minimum atomic E-state index is 0.648. The van der Waals surface area contributed by atoms with Crippen LogP contribution in [0.5, 0.6) is 0 Å². The first-order valence-electron chi connectivity index (χ1n) is 6.19. The van der Waals surface area contributed by atoms with E-state index in [-0.39, 0.29) is 0 Å². The van der Waals surface area contributed by atoms with Gasteiger partial charge in [0.1, 0.15) is 0 Å². The van der Waals surface area contributed by atoms with Gasteiger partial charge in [-0.2, -0.15) is 0 Å². The van der Waals surface area contributed by atoms with Crippen LogP contribution in [0.15, 0.2) is 24.3 Å². The van der Waals surface area contributed by atoms with Crippen LogP contribution in [0.3, 0.4) is 0 Å². The average Bonchev–Trinajstić information content (AvgIpc) is 2.20. The van der Waals surface area contributed by atoms with Crippen molar-refractivity contribution in [1.82, 2.24) is 0 Å². The highest BCUT2D eigenvalue weighted by Gasteiger charge is 2.06. The highest BCUT2D eigenvalue weighted by molar-refractivity contribution is 5.29. The molecule has 86 valence electrons. The summed E-state index contributed by atoms with van der Waals surface area (Å²) in [6.07, 6.45) is 1.20. The molecule has 0 unspecified atom stereocenters.